The Morgan fingerprint density at radius 1 is 1.24 bits per heavy atom. The molecule has 0 aromatic rings. The molecule has 0 N–H and O–H groups in total. The van der Waals surface area contributed by atoms with Crippen LogP contribution in [0.5, 0.6) is 0 Å². The van der Waals surface area contributed by atoms with Crippen LogP contribution in [0, 0.1) is 22.7 Å². The molecule has 190 valence electrons. The molecule has 3 aliphatic rings. The van der Waals surface area contributed by atoms with E-state index in [0.717, 1.165) is 30.4 Å². The Morgan fingerprint density at radius 2 is 1.91 bits per heavy atom. The van der Waals surface area contributed by atoms with Crippen LogP contribution in [0.15, 0.2) is 36.5 Å². The summed E-state index contributed by atoms with van der Waals surface area (Å²) in [5.41, 5.74) is 0.858. The van der Waals surface area contributed by atoms with Crippen molar-refractivity contribution in [2.45, 2.75) is 85.1 Å². The molecule has 0 radical (unpaired) electrons. The van der Waals surface area contributed by atoms with Crippen LogP contribution in [0.4, 0.5) is 0 Å². The highest BCUT2D eigenvalue weighted by Gasteiger charge is 2.71. The van der Waals surface area contributed by atoms with Gasteiger partial charge in [0.25, 0.3) is 0 Å². The zero-order valence-electron chi connectivity index (χ0n) is 21.4. The normalized spacial score (nSPS) is 38.8. The molecular weight excluding hydrogens is 436 g/mol. The van der Waals surface area contributed by atoms with Crippen LogP contribution >= 0.6 is 0 Å². The minimum Gasteiger partial charge on any atom is -0.458 e. The number of methoxy groups -OCH3 is 1. The highest BCUT2D eigenvalue weighted by molar-refractivity contribution is 5.67. The third kappa shape index (κ3) is 4.50. The molecule has 3 rings (SSSR count). The van der Waals surface area contributed by atoms with E-state index in [1.54, 1.807) is 13.2 Å². The van der Waals surface area contributed by atoms with E-state index in [9.17, 15) is 9.59 Å². The molecule has 7 nitrogen and oxygen atoms in total. The summed E-state index contributed by atoms with van der Waals surface area (Å²) >= 11 is 0. The first-order valence-electron chi connectivity index (χ1n) is 12.2. The average Bonchev–Trinajstić information content (AvgIpc) is 3.06. The van der Waals surface area contributed by atoms with Crippen LogP contribution in [0.25, 0.3) is 0 Å². The van der Waals surface area contributed by atoms with E-state index < -0.39 is 30.1 Å². The highest BCUT2D eigenvalue weighted by Crippen LogP contribution is 2.67. The number of rotatable bonds is 9. The monoisotopic (exact) mass is 476 g/mol. The zero-order valence-corrected chi connectivity index (χ0v) is 21.4. The summed E-state index contributed by atoms with van der Waals surface area (Å²) in [6.07, 6.45) is 4.44. The number of ether oxygens (including phenoxy) is 5. The van der Waals surface area contributed by atoms with Crippen LogP contribution in [-0.2, 0) is 33.3 Å². The number of hydrogen-bond donors (Lipinski definition) is 0. The van der Waals surface area contributed by atoms with Gasteiger partial charge in [0, 0.05) is 33.1 Å². The molecule has 1 heterocycles. The molecule has 0 amide bonds. The number of esters is 2. The summed E-state index contributed by atoms with van der Waals surface area (Å²) in [7, 11) is 1.69. The van der Waals surface area contributed by atoms with Crippen molar-refractivity contribution in [1.29, 1.82) is 0 Å². The molecule has 1 spiro atoms. The van der Waals surface area contributed by atoms with Gasteiger partial charge in [0.1, 0.15) is 6.10 Å². The molecule has 7 heteroatoms. The lowest BCUT2D eigenvalue weighted by Crippen LogP contribution is -2.63. The van der Waals surface area contributed by atoms with Gasteiger partial charge in [0.05, 0.1) is 11.5 Å². The first-order chi connectivity index (χ1) is 16.0. The molecular formula is C27H40O7. The van der Waals surface area contributed by atoms with E-state index in [4.69, 9.17) is 23.7 Å². The SMILES string of the molecule is C=CC(=C)CC[C@]1(C)[C@H]2C[C@H](OC(C)=O)C=C3[C@@H](OCC)O[C@H](OC(C)=O)[C@@]32[C@H](OC)C[C@@H]1C. The predicted molar refractivity (Wildman–Crippen MR) is 127 cm³/mol. The first-order valence-corrected chi connectivity index (χ1v) is 12.2. The summed E-state index contributed by atoms with van der Waals surface area (Å²) in [4.78, 5) is 24.1. The summed E-state index contributed by atoms with van der Waals surface area (Å²) in [6.45, 7) is 17.6. The van der Waals surface area contributed by atoms with E-state index in [0.29, 0.717) is 13.0 Å². The van der Waals surface area contributed by atoms with Gasteiger partial charge in [0.2, 0.25) is 6.29 Å². The van der Waals surface area contributed by atoms with Gasteiger partial charge in [-0.3, -0.25) is 9.59 Å². The molecule has 1 saturated carbocycles. The van der Waals surface area contributed by atoms with Gasteiger partial charge in [-0.15, -0.1) is 0 Å². The Bertz CT molecular complexity index is 848. The van der Waals surface area contributed by atoms with Crippen molar-refractivity contribution in [3.05, 3.63) is 36.5 Å². The number of allylic oxidation sites excluding steroid dienone is 2. The van der Waals surface area contributed by atoms with Gasteiger partial charge in [-0.1, -0.05) is 38.7 Å². The third-order valence-electron chi connectivity index (χ3n) is 8.29. The van der Waals surface area contributed by atoms with Crippen molar-refractivity contribution in [2.24, 2.45) is 22.7 Å². The topological polar surface area (TPSA) is 80.3 Å². The fourth-order valence-corrected chi connectivity index (χ4v) is 6.52. The maximum Gasteiger partial charge on any atom is 0.304 e. The highest BCUT2D eigenvalue weighted by atomic mass is 16.8. The molecule has 0 bridgehead atoms. The zero-order chi connectivity index (χ0) is 25.3. The lowest BCUT2D eigenvalue weighted by Gasteiger charge is -2.61. The Balaban J connectivity index is 2.21. The number of carbonyl (C=O) groups is 2. The molecule has 0 unspecified atom stereocenters. The van der Waals surface area contributed by atoms with Crippen LogP contribution in [0.2, 0.25) is 0 Å². The summed E-state index contributed by atoms with van der Waals surface area (Å²) in [5.74, 6) is -0.545. The second-order valence-corrected chi connectivity index (χ2v) is 10.1. The van der Waals surface area contributed by atoms with Gasteiger partial charge in [-0.25, -0.2) is 0 Å². The number of carbonyl (C=O) groups excluding carboxylic acids is 2. The molecule has 2 fully saturated rings. The molecule has 1 saturated heterocycles. The van der Waals surface area contributed by atoms with Crippen LogP contribution in [0.3, 0.4) is 0 Å². The quantitative estimate of drug-likeness (QED) is 0.271. The van der Waals surface area contributed by atoms with Crippen molar-refractivity contribution < 1.29 is 33.3 Å². The fourth-order valence-electron chi connectivity index (χ4n) is 6.52. The Labute approximate surface area is 203 Å². The van der Waals surface area contributed by atoms with Gasteiger partial charge in [-0.2, -0.15) is 0 Å². The average molecular weight is 477 g/mol. The van der Waals surface area contributed by atoms with Gasteiger partial charge >= 0.3 is 11.9 Å². The molecule has 0 aromatic carbocycles. The number of hydrogen-bond acceptors (Lipinski definition) is 7. The van der Waals surface area contributed by atoms with E-state index in [2.05, 4.69) is 27.0 Å². The van der Waals surface area contributed by atoms with Crippen molar-refractivity contribution in [3.63, 3.8) is 0 Å². The van der Waals surface area contributed by atoms with Crippen molar-refractivity contribution in [1.82, 2.24) is 0 Å². The largest absolute Gasteiger partial charge is 0.458 e. The lowest BCUT2D eigenvalue weighted by atomic mass is 9.45. The smallest absolute Gasteiger partial charge is 0.304 e. The van der Waals surface area contributed by atoms with E-state index in [1.807, 2.05) is 13.0 Å². The van der Waals surface area contributed by atoms with Gasteiger partial charge < -0.3 is 23.7 Å². The molecule has 34 heavy (non-hydrogen) atoms. The fraction of sp³-hybridized carbons (Fsp3) is 0.704. The van der Waals surface area contributed by atoms with Crippen LogP contribution < -0.4 is 0 Å². The second-order valence-electron chi connectivity index (χ2n) is 10.1. The Hall–Kier alpha value is -1.96. The minimum absolute atomic E-state index is 0.0644. The van der Waals surface area contributed by atoms with Gasteiger partial charge in [-0.05, 0) is 55.9 Å². The van der Waals surface area contributed by atoms with Crippen LogP contribution in [-0.4, -0.2) is 50.4 Å². The standard InChI is InChI=1S/C27H40O7/c1-9-16(3)11-12-26(7)17(4)13-23(30-8)27-21(14-20(15-22(26)27)32-18(5)28)24(31-10-2)34-25(27)33-19(6)29/h9,14,17,20,22-25H,1,3,10-13,15H2,2,4-8H3/t17-,20+,22+,23+,24-,25-,26-,27-/m0/s1. The van der Waals surface area contributed by atoms with E-state index in [1.165, 1.54) is 13.8 Å². The third-order valence-corrected chi connectivity index (χ3v) is 8.29. The maximum atomic E-state index is 12.2. The summed E-state index contributed by atoms with van der Waals surface area (Å²) < 4.78 is 30.0. The molecule has 8 atom stereocenters. The van der Waals surface area contributed by atoms with Crippen molar-refractivity contribution in [3.8, 4) is 0 Å². The maximum absolute atomic E-state index is 12.2. The van der Waals surface area contributed by atoms with E-state index >= 15 is 0 Å². The first kappa shape index (κ1) is 26.6. The molecule has 1 aliphatic heterocycles. The summed E-state index contributed by atoms with van der Waals surface area (Å²) in [6, 6.07) is 0. The Morgan fingerprint density at radius 3 is 2.47 bits per heavy atom. The van der Waals surface area contributed by atoms with Gasteiger partial charge in [0.15, 0.2) is 6.29 Å². The van der Waals surface area contributed by atoms with Crippen molar-refractivity contribution >= 4 is 11.9 Å². The molecule has 2 aliphatic carbocycles. The van der Waals surface area contributed by atoms with E-state index in [-0.39, 0.29) is 29.3 Å². The second kappa shape index (κ2) is 10.3. The Kier molecular flexibility index (Phi) is 8.10. The lowest BCUT2D eigenvalue weighted by molar-refractivity contribution is -0.259. The minimum atomic E-state index is -0.865. The van der Waals surface area contributed by atoms with Crippen molar-refractivity contribution in [2.75, 3.05) is 13.7 Å². The predicted octanol–water partition coefficient (Wildman–Crippen LogP) is 4.72. The summed E-state index contributed by atoms with van der Waals surface area (Å²) in [5, 5.41) is 0. The molecule has 0 aromatic heterocycles. The van der Waals surface area contributed by atoms with Crippen LogP contribution in [0.1, 0.15) is 60.3 Å².